The molecule has 3 N–H and O–H groups in total. The van der Waals surface area contributed by atoms with Gasteiger partial charge in [-0.3, -0.25) is 0 Å². The Hall–Kier alpha value is -2.12. The van der Waals surface area contributed by atoms with Crippen LogP contribution in [-0.2, 0) is 17.6 Å². The van der Waals surface area contributed by atoms with Crippen LogP contribution in [0.25, 0.3) is 0 Å². The van der Waals surface area contributed by atoms with Gasteiger partial charge in [0.05, 0.1) is 18.8 Å². The Morgan fingerprint density at radius 3 is 2.52 bits per heavy atom. The number of aryl methyl sites for hydroxylation is 1. The van der Waals surface area contributed by atoms with Crippen molar-refractivity contribution in [2.24, 2.45) is 0 Å². The third-order valence-corrected chi connectivity index (χ3v) is 5.69. The second-order valence-corrected chi connectivity index (χ2v) is 7.69. The Morgan fingerprint density at radius 2 is 1.76 bits per heavy atom. The minimum absolute atomic E-state index is 0.183. The first-order chi connectivity index (χ1) is 14.1. The number of benzene rings is 2. The molecule has 2 aromatic carbocycles. The van der Waals surface area contributed by atoms with E-state index >= 15 is 0 Å². The molecule has 4 rings (SSSR count). The molecule has 2 aliphatic heterocycles. The van der Waals surface area contributed by atoms with E-state index in [1.54, 1.807) is 0 Å². The average molecular weight is 400 g/mol. The van der Waals surface area contributed by atoms with Gasteiger partial charge in [-0.05, 0) is 47.2 Å². The molecule has 2 aromatic rings. The molecular weight excluding hydrogens is 372 g/mol. The molecule has 0 aromatic heterocycles. The SMILES string of the molecule is CCc1ccc([C@@H]2O[C@H](CO)C[C@H](O)[C@H]2O)cc1Cc1ccc2c(c1)OCCO2. The molecular formula is C23H28O6. The van der Waals surface area contributed by atoms with Crippen molar-refractivity contribution in [2.45, 2.75) is 50.6 Å². The number of aliphatic hydroxyl groups is 3. The molecule has 1 fully saturated rings. The maximum absolute atomic E-state index is 10.5. The van der Waals surface area contributed by atoms with E-state index in [1.165, 1.54) is 5.56 Å². The van der Waals surface area contributed by atoms with Gasteiger partial charge in [-0.15, -0.1) is 0 Å². The van der Waals surface area contributed by atoms with Gasteiger partial charge in [0.25, 0.3) is 0 Å². The summed E-state index contributed by atoms with van der Waals surface area (Å²) in [6, 6.07) is 12.0. The Morgan fingerprint density at radius 1 is 0.966 bits per heavy atom. The van der Waals surface area contributed by atoms with E-state index in [9.17, 15) is 15.3 Å². The Labute approximate surface area is 170 Å². The first-order valence-electron chi connectivity index (χ1n) is 10.2. The van der Waals surface area contributed by atoms with Crippen LogP contribution in [0.5, 0.6) is 11.5 Å². The predicted molar refractivity (Wildman–Crippen MR) is 107 cm³/mol. The normalized spacial score (nSPS) is 26.3. The summed E-state index contributed by atoms with van der Waals surface area (Å²) in [6.45, 7) is 3.05. The summed E-state index contributed by atoms with van der Waals surface area (Å²) < 4.78 is 17.2. The van der Waals surface area contributed by atoms with Crippen LogP contribution in [0.2, 0.25) is 0 Å². The summed E-state index contributed by atoms with van der Waals surface area (Å²) in [4.78, 5) is 0. The van der Waals surface area contributed by atoms with Crippen LogP contribution < -0.4 is 9.47 Å². The van der Waals surface area contributed by atoms with Gasteiger partial charge >= 0.3 is 0 Å². The maximum atomic E-state index is 10.5. The van der Waals surface area contributed by atoms with Gasteiger partial charge in [-0.1, -0.05) is 31.2 Å². The monoisotopic (exact) mass is 400 g/mol. The van der Waals surface area contributed by atoms with E-state index < -0.39 is 24.4 Å². The van der Waals surface area contributed by atoms with Crippen molar-refractivity contribution >= 4 is 0 Å². The molecule has 0 radical (unpaired) electrons. The van der Waals surface area contributed by atoms with Gasteiger partial charge in [-0.25, -0.2) is 0 Å². The number of aliphatic hydroxyl groups excluding tert-OH is 3. The summed E-state index contributed by atoms with van der Waals surface area (Å²) in [5, 5.41) is 30.1. The van der Waals surface area contributed by atoms with Gasteiger partial charge in [0.1, 0.15) is 25.4 Å². The van der Waals surface area contributed by atoms with Crippen LogP contribution in [0.1, 0.15) is 41.7 Å². The van der Waals surface area contributed by atoms with E-state index in [2.05, 4.69) is 6.92 Å². The van der Waals surface area contributed by atoms with Crippen LogP contribution in [0.15, 0.2) is 36.4 Å². The molecule has 4 atom stereocenters. The largest absolute Gasteiger partial charge is 0.486 e. The van der Waals surface area contributed by atoms with Gasteiger partial charge in [0.15, 0.2) is 11.5 Å². The average Bonchev–Trinajstić information content (AvgIpc) is 2.75. The lowest BCUT2D eigenvalue weighted by molar-refractivity contribution is -0.179. The maximum Gasteiger partial charge on any atom is 0.161 e. The predicted octanol–water partition coefficient (Wildman–Crippen LogP) is 2.16. The fraction of sp³-hybridized carbons (Fsp3) is 0.478. The number of hydrogen-bond donors (Lipinski definition) is 3. The molecule has 0 bridgehead atoms. The Balaban J connectivity index is 1.62. The summed E-state index contributed by atoms with van der Waals surface area (Å²) in [6.07, 6.45) is -1.26. The lowest BCUT2D eigenvalue weighted by Crippen LogP contribution is -2.44. The van der Waals surface area contributed by atoms with Crippen LogP contribution in [0, 0.1) is 0 Å². The number of hydrogen-bond acceptors (Lipinski definition) is 6. The summed E-state index contributed by atoms with van der Waals surface area (Å²) >= 11 is 0. The molecule has 0 amide bonds. The Bertz CT molecular complexity index is 851. The van der Waals surface area contributed by atoms with Crippen LogP contribution >= 0.6 is 0 Å². The van der Waals surface area contributed by atoms with Crippen molar-refractivity contribution in [3.8, 4) is 11.5 Å². The molecule has 2 aliphatic rings. The van der Waals surface area contributed by atoms with Crippen molar-refractivity contribution < 1.29 is 29.5 Å². The van der Waals surface area contributed by atoms with Crippen LogP contribution in [0.3, 0.4) is 0 Å². The highest BCUT2D eigenvalue weighted by atomic mass is 16.6. The van der Waals surface area contributed by atoms with Crippen molar-refractivity contribution in [2.75, 3.05) is 19.8 Å². The van der Waals surface area contributed by atoms with Crippen LogP contribution in [-0.4, -0.2) is 53.5 Å². The lowest BCUT2D eigenvalue weighted by Gasteiger charge is -2.37. The highest BCUT2D eigenvalue weighted by Crippen LogP contribution is 2.35. The van der Waals surface area contributed by atoms with Crippen LogP contribution in [0.4, 0.5) is 0 Å². The molecule has 156 valence electrons. The molecule has 0 saturated carbocycles. The fourth-order valence-corrected chi connectivity index (χ4v) is 4.10. The molecule has 6 nitrogen and oxygen atoms in total. The highest BCUT2D eigenvalue weighted by molar-refractivity contribution is 5.46. The number of fused-ring (bicyclic) bond motifs is 1. The minimum Gasteiger partial charge on any atom is -0.486 e. The van der Waals surface area contributed by atoms with Crippen molar-refractivity contribution in [3.63, 3.8) is 0 Å². The molecule has 0 aliphatic carbocycles. The second-order valence-electron chi connectivity index (χ2n) is 7.69. The smallest absolute Gasteiger partial charge is 0.161 e. The number of rotatable bonds is 5. The summed E-state index contributed by atoms with van der Waals surface area (Å²) in [5.74, 6) is 1.54. The fourth-order valence-electron chi connectivity index (χ4n) is 4.10. The molecule has 2 heterocycles. The van der Waals surface area contributed by atoms with Crippen molar-refractivity contribution in [1.82, 2.24) is 0 Å². The quantitative estimate of drug-likeness (QED) is 0.713. The van der Waals surface area contributed by atoms with E-state index in [-0.39, 0.29) is 13.0 Å². The third-order valence-electron chi connectivity index (χ3n) is 5.69. The molecule has 0 unspecified atom stereocenters. The lowest BCUT2D eigenvalue weighted by atomic mass is 9.89. The van der Waals surface area contributed by atoms with E-state index in [0.717, 1.165) is 34.6 Å². The van der Waals surface area contributed by atoms with E-state index in [0.29, 0.717) is 19.6 Å². The second kappa shape index (κ2) is 8.71. The standard InChI is InChI=1S/C23H28O6/c1-2-15-4-5-16(23-22(26)19(25)12-18(13-24)29-23)11-17(15)9-14-3-6-20-21(10-14)28-8-7-27-20/h3-6,10-11,18-19,22-26H,2,7-9,12-13H2,1H3/t18-,19-,22+,23-/m0/s1. The first-order valence-corrected chi connectivity index (χ1v) is 10.2. The summed E-state index contributed by atoms with van der Waals surface area (Å²) in [5.41, 5.74) is 4.27. The van der Waals surface area contributed by atoms with E-state index in [4.69, 9.17) is 14.2 Å². The molecule has 6 heteroatoms. The van der Waals surface area contributed by atoms with Gasteiger partial charge < -0.3 is 29.5 Å². The number of ether oxygens (including phenoxy) is 3. The van der Waals surface area contributed by atoms with Crippen molar-refractivity contribution in [3.05, 3.63) is 58.7 Å². The topological polar surface area (TPSA) is 88.4 Å². The van der Waals surface area contributed by atoms with Gasteiger partial charge in [0, 0.05) is 6.42 Å². The van der Waals surface area contributed by atoms with E-state index in [1.807, 2.05) is 36.4 Å². The Kier molecular flexibility index (Phi) is 6.06. The third kappa shape index (κ3) is 4.26. The molecule has 0 spiro atoms. The highest BCUT2D eigenvalue weighted by Gasteiger charge is 2.37. The summed E-state index contributed by atoms with van der Waals surface area (Å²) in [7, 11) is 0. The zero-order valence-electron chi connectivity index (χ0n) is 16.6. The zero-order chi connectivity index (χ0) is 20.4. The van der Waals surface area contributed by atoms with Gasteiger partial charge in [0.2, 0.25) is 0 Å². The van der Waals surface area contributed by atoms with Gasteiger partial charge in [-0.2, -0.15) is 0 Å². The molecule has 29 heavy (non-hydrogen) atoms. The zero-order valence-corrected chi connectivity index (χ0v) is 16.6. The first kappa shape index (κ1) is 20.2. The molecule has 1 saturated heterocycles. The minimum atomic E-state index is -1.02. The van der Waals surface area contributed by atoms with Crippen molar-refractivity contribution in [1.29, 1.82) is 0 Å².